The van der Waals surface area contributed by atoms with Gasteiger partial charge >= 0.3 is 0 Å². The van der Waals surface area contributed by atoms with Gasteiger partial charge in [0.1, 0.15) is 24.6 Å². The lowest BCUT2D eigenvalue weighted by Crippen LogP contribution is -2.52. The third kappa shape index (κ3) is 5.15. The van der Waals surface area contributed by atoms with E-state index in [1.807, 2.05) is 0 Å². The summed E-state index contributed by atoms with van der Waals surface area (Å²) in [7, 11) is 0. The van der Waals surface area contributed by atoms with Crippen LogP contribution < -0.4 is 16.2 Å². The van der Waals surface area contributed by atoms with E-state index < -0.39 is 29.9 Å². The Morgan fingerprint density at radius 2 is 1.86 bits per heavy atom. The number of carbonyl (C=O) groups excluding carboxylic acids is 3. The first-order chi connectivity index (χ1) is 20.3. The number of nitrogens with two attached hydrogens (primary N) is 1. The van der Waals surface area contributed by atoms with E-state index in [2.05, 4.69) is 25.5 Å². The van der Waals surface area contributed by atoms with Gasteiger partial charge in [-0.2, -0.15) is 15.3 Å². The highest BCUT2D eigenvalue weighted by Gasteiger charge is 2.44. The number of alkyl halides is 1. The molecule has 6 rings (SSSR count). The summed E-state index contributed by atoms with van der Waals surface area (Å²) in [4.78, 5) is 54.6. The van der Waals surface area contributed by atoms with Crippen LogP contribution in [-0.2, 0) is 16.1 Å². The third-order valence-electron chi connectivity index (χ3n) is 8.06. The molecule has 4 aromatic rings. The van der Waals surface area contributed by atoms with Crippen molar-refractivity contribution in [1.29, 1.82) is 0 Å². The van der Waals surface area contributed by atoms with Gasteiger partial charge in [-0.05, 0) is 36.6 Å². The molecule has 1 saturated carbocycles. The molecular weight excluding hydrogens is 545 g/mol. The Bertz CT molecular complexity index is 1690. The van der Waals surface area contributed by atoms with Gasteiger partial charge in [-0.3, -0.25) is 39.0 Å². The van der Waals surface area contributed by atoms with E-state index in [9.17, 15) is 23.6 Å². The fourth-order valence-corrected chi connectivity index (χ4v) is 6.08. The Morgan fingerprint density at radius 3 is 2.55 bits per heavy atom. The number of rotatable bonds is 7. The maximum atomic E-state index is 14.8. The number of likely N-dealkylation sites (tertiary alicyclic amines) is 1. The third-order valence-corrected chi connectivity index (χ3v) is 8.06. The zero-order chi connectivity index (χ0) is 29.4. The lowest BCUT2D eigenvalue weighted by Gasteiger charge is -2.36. The Kier molecular flexibility index (Phi) is 7.27. The van der Waals surface area contributed by atoms with E-state index in [0.717, 1.165) is 43.2 Å². The number of hydrogen-bond acceptors (Lipinski definition) is 7. The molecule has 4 heterocycles. The fraction of sp³-hybridized carbons (Fsp3) is 0.393. The molecule has 1 saturated heterocycles. The highest BCUT2D eigenvalue weighted by Crippen LogP contribution is 2.31. The number of nitrogens with zero attached hydrogens (tertiary/aromatic N) is 6. The molecule has 2 fully saturated rings. The number of nitrogens with one attached hydrogen (secondary N) is 2. The van der Waals surface area contributed by atoms with E-state index in [1.165, 1.54) is 20.5 Å². The molecule has 0 spiro atoms. The van der Waals surface area contributed by atoms with Crippen molar-refractivity contribution in [1.82, 2.24) is 35.1 Å². The Labute approximate surface area is 238 Å². The van der Waals surface area contributed by atoms with E-state index >= 15 is 0 Å². The lowest BCUT2D eigenvalue weighted by molar-refractivity contribution is -0.138. The molecule has 0 unspecified atom stereocenters. The minimum atomic E-state index is -1.39. The first-order valence-corrected chi connectivity index (χ1v) is 13.9. The van der Waals surface area contributed by atoms with E-state index in [-0.39, 0.29) is 36.8 Å². The molecule has 1 aliphatic heterocycles. The number of halogens is 1. The van der Waals surface area contributed by atoms with Gasteiger partial charge in [-0.25, -0.2) is 4.39 Å². The van der Waals surface area contributed by atoms with Crippen LogP contribution >= 0.6 is 0 Å². The zero-order valence-electron chi connectivity index (χ0n) is 22.7. The van der Waals surface area contributed by atoms with E-state index in [1.54, 1.807) is 36.7 Å². The average molecular weight is 576 g/mol. The highest BCUT2D eigenvalue weighted by molar-refractivity contribution is 6.05. The number of fused-ring (bicyclic) bond motifs is 1. The Hall–Kier alpha value is -4.88. The summed E-state index contributed by atoms with van der Waals surface area (Å²) in [5.41, 5.74) is 7.21. The summed E-state index contributed by atoms with van der Waals surface area (Å²) in [6.45, 7) is -0.584. The smallest absolute Gasteiger partial charge is 0.269 e. The van der Waals surface area contributed by atoms with Crippen LogP contribution in [0.4, 0.5) is 10.2 Å². The second-order valence-electron chi connectivity index (χ2n) is 10.8. The molecule has 1 aliphatic carbocycles. The molecule has 3 amide bonds. The molecule has 0 bridgehead atoms. The summed E-state index contributed by atoms with van der Waals surface area (Å²) in [5.74, 6) is -1.43. The number of H-pyrrole nitrogens is 2. The number of benzene rings is 1. The van der Waals surface area contributed by atoms with Crippen molar-refractivity contribution in [2.24, 2.45) is 5.73 Å². The average Bonchev–Trinajstić information content (AvgIpc) is 3.71. The second kappa shape index (κ2) is 11.2. The molecule has 2 atom stereocenters. The van der Waals surface area contributed by atoms with Gasteiger partial charge in [0.2, 0.25) is 5.91 Å². The maximum Gasteiger partial charge on any atom is 0.269 e. The summed E-state index contributed by atoms with van der Waals surface area (Å²) >= 11 is 0. The van der Waals surface area contributed by atoms with Crippen LogP contribution in [0.15, 0.2) is 47.5 Å². The maximum absolute atomic E-state index is 14.8. The predicted octanol–water partition coefficient (Wildman–Crippen LogP) is 1.91. The van der Waals surface area contributed by atoms with Gasteiger partial charge in [-0.1, -0.05) is 25.3 Å². The van der Waals surface area contributed by atoms with Gasteiger partial charge < -0.3 is 10.6 Å². The summed E-state index contributed by atoms with van der Waals surface area (Å²) in [5, 5.41) is 17.6. The molecule has 3 aromatic heterocycles. The summed E-state index contributed by atoms with van der Waals surface area (Å²) in [6.07, 6.45) is 5.96. The van der Waals surface area contributed by atoms with E-state index in [0.29, 0.717) is 16.7 Å². The van der Waals surface area contributed by atoms with Crippen molar-refractivity contribution in [2.45, 2.75) is 63.3 Å². The molecule has 218 valence electrons. The topological polar surface area (TPSA) is 176 Å². The largest absolute Gasteiger partial charge is 0.364 e. The monoisotopic (exact) mass is 575 g/mol. The Balaban J connectivity index is 1.29. The van der Waals surface area contributed by atoms with Crippen molar-refractivity contribution in [3.05, 3.63) is 58.8 Å². The van der Waals surface area contributed by atoms with Gasteiger partial charge in [-0.15, -0.1) is 0 Å². The number of aromatic amines is 2. The summed E-state index contributed by atoms with van der Waals surface area (Å²) < 4.78 is 16.2. The van der Waals surface area contributed by atoms with Gasteiger partial charge in [0, 0.05) is 29.5 Å². The van der Waals surface area contributed by atoms with Crippen LogP contribution in [0.2, 0.25) is 0 Å². The Morgan fingerprint density at radius 1 is 1.05 bits per heavy atom. The number of aromatic nitrogens is 6. The SMILES string of the molecule is NC(=O)c1nn(CC(=O)N2C[C@H](F)C[C@H]2C(=O)N(c2cc(=O)[nH][nH]2)C2CCCCC2)c2ccc(-c3ccnnc3)cc12. The van der Waals surface area contributed by atoms with Crippen molar-refractivity contribution >= 4 is 34.4 Å². The van der Waals surface area contributed by atoms with Crippen LogP contribution in [0, 0.1) is 0 Å². The minimum absolute atomic E-state index is 0.0148. The number of carbonyl (C=O) groups is 3. The predicted molar refractivity (Wildman–Crippen MR) is 150 cm³/mol. The molecule has 0 radical (unpaired) electrons. The van der Waals surface area contributed by atoms with Crippen molar-refractivity contribution in [2.75, 3.05) is 11.4 Å². The molecule has 13 nitrogen and oxygen atoms in total. The number of primary amides is 1. The van der Waals surface area contributed by atoms with E-state index in [4.69, 9.17) is 5.73 Å². The van der Waals surface area contributed by atoms with Gasteiger partial charge in [0.05, 0.1) is 24.5 Å². The molecule has 2 aliphatic rings. The molecule has 14 heteroatoms. The van der Waals surface area contributed by atoms with Crippen molar-refractivity contribution in [3.8, 4) is 11.1 Å². The lowest BCUT2D eigenvalue weighted by atomic mass is 9.93. The zero-order valence-corrected chi connectivity index (χ0v) is 22.7. The molecule has 4 N–H and O–H groups in total. The second-order valence-corrected chi connectivity index (χ2v) is 10.8. The first kappa shape index (κ1) is 27.3. The highest BCUT2D eigenvalue weighted by atomic mass is 19.1. The normalized spacial score (nSPS) is 19.3. The van der Waals surface area contributed by atoms with Crippen LogP contribution in [0.1, 0.15) is 49.0 Å². The molecule has 42 heavy (non-hydrogen) atoms. The fourth-order valence-electron chi connectivity index (χ4n) is 6.08. The van der Waals surface area contributed by atoms with Crippen LogP contribution in [0.25, 0.3) is 22.0 Å². The van der Waals surface area contributed by atoms with Crippen LogP contribution in [0.3, 0.4) is 0 Å². The standard InChI is InChI=1S/C28H30FN9O4/c29-18-11-22(28(42)38(19-4-2-1-3-5-19)23-12-24(39)34-33-23)36(14-18)25(40)15-37-21-7-6-16(17-8-9-31-32-13-17)10-20(21)26(35-37)27(30)41/h6-10,12-13,18-19,22H,1-5,11,14-15H2,(H2,30,41)(H2,33,34,39)/t18-,22+/m1/s1. The number of anilines is 1. The van der Waals surface area contributed by atoms with Crippen LogP contribution in [-0.4, -0.2) is 77.6 Å². The quantitative estimate of drug-likeness (QED) is 0.301. The van der Waals surface area contributed by atoms with Gasteiger partial charge in [0.25, 0.3) is 17.4 Å². The van der Waals surface area contributed by atoms with Gasteiger partial charge in [0.15, 0.2) is 5.69 Å². The molecule has 1 aromatic carbocycles. The molecular formula is C28H30FN9O4. The van der Waals surface area contributed by atoms with Crippen LogP contribution in [0.5, 0.6) is 0 Å². The first-order valence-electron chi connectivity index (χ1n) is 13.9. The van der Waals surface area contributed by atoms with Crippen molar-refractivity contribution in [3.63, 3.8) is 0 Å². The van der Waals surface area contributed by atoms with Crippen molar-refractivity contribution < 1.29 is 18.8 Å². The number of amides is 3. The minimum Gasteiger partial charge on any atom is -0.364 e. The number of hydrogen-bond donors (Lipinski definition) is 3. The summed E-state index contributed by atoms with van der Waals surface area (Å²) in [6, 6.07) is 7.09.